The van der Waals surface area contributed by atoms with Gasteiger partial charge in [-0.1, -0.05) is 48.5 Å². The number of para-hydroxylation sites is 1. The van der Waals surface area contributed by atoms with Crippen molar-refractivity contribution >= 4 is 17.5 Å². The Morgan fingerprint density at radius 1 is 0.852 bits per heavy atom. The van der Waals surface area contributed by atoms with E-state index in [4.69, 9.17) is 0 Å². The highest BCUT2D eigenvalue weighted by Gasteiger charge is 2.19. The first-order chi connectivity index (χ1) is 13.3. The molecule has 1 N–H and O–H groups in total. The molecule has 0 radical (unpaired) electrons. The molecule has 0 saturated carbocycles. The van der Waals surface area contributed by atoms with Crippen LogP contribution in [0.5, 0.6) is 0 Å². The Hall–Kier alpha value is -3.15. The van der Waals surface area contributed by atoms with Crippen LogP contribution in [0.2, 0.25) is 0 Å². The highest BCUT2D eigenvalue weighted by molar-refractivity contribution is 5.49. The number of rotatable bonds is 5. The molecule has 0 aliphatic carbocycles. The maximum Gasteiger partial charge on any atom is 0.245 e. The predicted octanol–water partition coefficient (Wildman–Crippen LogP) is 3.37. The minimum absolute atomic E-state index is 0.123. The molecule has 1 aromatic heterocycles. The molecule has 0 spiro atoms. The third-order valence-corrected chi connectivity index (χ3v) is 4.92. The van der Waals surface area contributed by atoms with Gasteiger partial charge in [0, 0.05) is 31.9 Å². The maximum absolute atomic E-state index is 4.68. The fraction of sp³-hybridized carbons (Fsp3) is 0.286. The van der Waals surface area contributed by atoms with Crippen LogP contribution < -0.4 is 15.1 Å². The molecule has 6 heteroatoms. The van der Waals surface area contributed by atoms with Crippen molar-refractivity contribution in [3.05, 3.63) is 72.4 Å². The van der Waals surface area contributed by atoms with Gasteiger partial charge in [0.2, 0.25) is 5.95 Å². The number of piperazine rings is 1. The zero-order valence-electron chi connectivity index (χ0n) is 15.5. The monoisotopic (exact) mass is 360 g/mol. The van der Waals surface area contributed by atoms with E-state index in [1.165, 1.54) is 11.3 Å². The van der Waals surface area contributed by atoms with E-state index in [0.29, 0.717) is 5.95 Å². The molecule has 0 bridgehead atoms. The SMILES string of the molecule is CC(Nc1nncc(N2CCN(c3ccccc3)CC2)n1)c1ccccc1. The quantitative estimate of drug-likeness (QED) is 0.753. The Morgan fingerprint density at radius 2 is 1.48 bits per heavy atom. The van der Waals surface area contributed by atoms with E-state index in [0.717, 1.165) is 32.0 Å². The summed E-state index contributed by atoms with van der Waals surface area (Å²) >= 11 is 0. The van der Waals surface area contributed by atoms with E-state index in [2.05, 4.69) is 79.7 Å². The molecular formula is C21H24N6. The van der Waals surface area contributed by atoms with Crippen molar-refractivity contribution in [2.45, 2.75) is 13.0 Å². The normalized spacial score (nSPS) is 15.4. The van der Waals surface area contributed by atoms with Gasteiger partial charge >= 0.3 is 0 Å². The van der Waals surface area contributed by atoms with Crippen LogP contribution in [0.1, 0.15) is 18.5 Å². The second-order valence-electron chi connectivity index (χ2n) is 6.72. The highest BCUT2D eigenvalue weighted by Crippen LogP contribution is 2.20. The summed E-state index contributed by atoms with van der Waals surface area (Å²) in [4.78, 5) is 9.36. The van der Waals surface area contributed by atoms with E-state index in [1.54, 1.807) is 6.20 Å². The Labute approximate surface area is 159 Å². The first-order valence-corrected chi connectivity index (χ1v) is 9.36. The van der Waals surface area contributed by atoms with Gasteiger partial charge in [0.1, 0.15) is 0 Å². The lowest BCUT2D eigenvalue weighted by molar-refractivity contribution is 0.644. The smallest absolute Gasteiger partial charge is 0.245 e. The molecule has 1 atom stereocenters. The van der Waals surface area contributed by atoms with Crippen molar-refractivity contribution in [3.8, 4) is 0 Å². The number of hydrogen-bond donors (Lipinski definition) is 1. The number of nitrogens with one attached hydrogen (secondary N) is 1. The first kappa shape index (κ1) is 17.3. The summed E-state index contributed by atoms with van der Waals surface area (Å²) in [5.74, 6) is 1.44. The van der Waals surface area contributed by atoms with Gasteiger partial charge in [-0.25, -0.2) is 0 Å². The molecule has 0 amide bonds. The molecule has 1 unspecified atom stereocenters. The summed E-state index contributed by atoms with van der Waals surface area (Å²) in [5.41, 5.74) is 2.47. The van der Waals surface area contributed by atoms with Gasteiger partial charge in [0.05, 0.1) is 12.2 Å². The standard InChI is InChI=1S/C21H24N6/c1-17(18-8-4-2-5-9-18)23-21-24-20(16-22-25-21)27-14-12-26(13-15-27)19-10-6-3-7-11-19/h2-11,16-17H,12-15H2,1H3,(H,23,24,25). The van der Waals surface area contributed by atoms with Gasteiger partial charge in [-0.2, -0.15) is 10.1 Å². The summed E-state index contributed by atoms with van der Waals surface area (Å²) in [6.45, 7) is 5.88. The number of nitrogens with zero attached hydrogens (tertiary/aromatic N) is 5. The summed E-state index contributed by atoms with van der Waals surface area (Å²) < 4.78 is 0. The van der Waals surface area contributed by atoms with Crippen LogP contribution in [0.25, 0.3) is 0 Å². The third-order valence-electron chi connectivity index (χ3n) is 4.92. The van der Waals surface area contributed by atoms with Crippen molar-refractivity contribution in [3.63, 3.8) is 0 Å². The van der Waals surface area contributed by atoms with E-state index in [9.17, 15) is 0 Å². The van der Waals surface area contributed by atoms with E-state index in [1.807, 2.05) is 18.2 Å². The van der Waals surface area contributed by atoms with Crippen molar-refractivity contribution in [1.29, 1.82) is 0 Å². The Balaban J connectivity index is 1.40. The lowest BCUT2D eigenvalue weighted by Gasteiger charge is -2.36. The lowest BCUT2D eigenvalue weighted by Crippen LogP contribution is -2.46. The molecule has 1 saturated heterocycles. The van der Waals surface area contributed by atoms with Crippen molar-refractivity contribution < 1.29 is 0 Å². The zero-order valence-corrected chi connectivity index (χ0v) is 15.5. The van der Waals surface area contributed by atoms with Crippen LogP contribution in [-0.2, 0) is 0 Å². The van der Waals surface area contributed by atoms with Crippen LogP contribution >= 0.6 is 0 Å². The van der Waals surface area contributed by atoms with Gasteiger partial charge in [-0.15, -0.1) is 5.10 Å². The molecule has 2 heterocycles. The second-order valence-corrected chi connectivity index (χ2v) is 6.72. The molecule has 1 aliphatic heterocycles. The number of hydrogen-bond acceptors (Lipinski definition) is 6. The molecule has 2 aromatic carbocycles. The lowest BCUT2D eigenvalue weighted by atomic mass is 10.1. The molecule has 27 heavy (non-hydrogen) atoms. The van der Waals surface area contributed by atoms with Crippen molar-refractivity contribution in [2.75, 3.05) is 41.3 Å². The Bertz CT molecular complexity index is 847. The van der Waals surface area contributed by atoms with Crippen LogP contribution in [0, 0.1) is 0 Å². The van der Waals surface area contributed by atoms with E-state index in [-0.39, 0.29) is 6.04 Å². The molecule has 1 fully saturated rings. The third kappa shape index (κ3) is 4.16. The molecule has 1 aliphatic rings. The van der Waals surface area contributed by atoms with Gasteiger partial charge in [0.15, 0.2) is 5.82 Å². The minimum atomic E-state index is 0.123. The average Bonchev–Trinajstić information content (AvgIpc) is 2.75. The van der Waals surface area contributed by atoms with Gasteiger partial charge in [-0.3, -0.25) is 0 Å². The topological polar surface area (TPSA) is 57.2 Å². The van der Waals surface area contributed by atoms with Gasteiger partial charge < -0.3 is 15.1 Å². The summed E-state index contributed by atoms with van der Waals surface area (Å²) in [6, 6.07) is 21.0. The van der Waals surface area contributed by atoms with E-state index >= 15 is 0 Å². The predicted molar refractivity (Wildman–Crippen MR) is 109 cm³/mol. The van der Waals surface area contributed by atoms with Crippen LogP contribution in [0.3, 0.4) is 0 Å². The van der Waals surface area contributed by atoms with Gasteiger partial charge in [-0.05, 0) is 24.6 Å². The van der Waals surface area contributed by atoms with Crippen molar-refractivity contribution in [2.24, 2.45) is 0 Å². The molecule has 4 rings (SSSR count). The van der Waals surface area contributed by atoms with Crippen molar-refractivity contribution in [1.82, 2.24) is 15.2 Å². The summed E-state index contributed by atoms with van der Waals surface area (Å²) in [6.07, 6.45) is 1.75. The molecule has 6 nitrogen and oxygen atoms in total. The fourth-order valence-corrected chi connectivity index (χ4v) is 3.36. The molecular weight excluding hydrogens is 336 g/mol. The average molecular weight is 360 g/mol. The Morgan fingerprint density at radius 3 is 2.19 bits per heavy atom. The van der Waals surface area contributed by atoms with Gasteiger partial charge in [0.25, 0.3) is 0 Å². The maximum atomic E-state index is 4.68. The first-order valence-electron chi connectivity index (χ1n) is 9.36. The highest BCUT2D eigenvalue weighted by atomic mass is 15.3. The molecule has 138 valence electrons. The zero-order chi connectivity index (χ0) is 18.5. The fourth-order valence-electron chi connectivity index (χ4n) is 3.36. The largest absolute Gasteiger partial charge is 0.368 e. The Kier molecular flexibility index (Phi) is 5.14. The molecule has 3 aromatic rings. The number of aromatic nitrogens is 3. The van der Waals surface area contributed by atoms with Crippen LogP contribution in [0.15, 0.2) is 66.9 Å². The van der Waals surface area contributed by atoms with Crippen LogP contribution in [0.4, 0.5) is 17.5 Å². The minimum Gasteiger partial charge on any atom is -0.368 e. The number of benzene rings is 2. The van der Waals surface area contributed by atoms with Crippen LogP contribution in [-0.4, -0.2) is 41.4 Å². The summed E-state index contributed by atoms with van der Waals surface area (Å²) in [5, 5.41) is 11.7. The second kappa shape index (κ2) is 8.03. The number of anilines is 3. The summed E-state index contributed by atoms with van der Waals surface area (Å²) in [7, 11) is 0. The van der Waals surface area contributed by atoms with E-state index < -0.39 is 0 Å².